The molecule has 5 atom stereocenters. The van der Waals surface area contributed by atoms with Crippen LogP contribution in [0.4, 0.5) is 0 Å². The van der Waals surface area contributed by atoms with Crippen LogP contribution in [-0.2, 0) is 32.0 Å². The van der Waals surface area contributed by atoms with Crippen molar-refractivity contribution in [1.29, 1.82) is 0 Å². The number of carbonyl (C=O) groups is 4. The molecule has 41 heavy (non-hydrogen) atoms. The van der Waals surface area contributed by atoms with Gasteiger partial charge in [0.2, 0.25) is 17.7 Å². The standard InChI is InChI=1S/C28H39N7O5S/c1-4-16(2)24(28(39)40)35-26(37)22(9-10-41-3)33-27(38)23(11-17-13-31-21-8-6-5-7-19(17)21)34-25(36)20(29)12-18-14-30-15-32-18/h5-8,13-16,20,22-24,31H,4,9-12,29H2,1-3H3,(H,30,32)(H,33,38)(H,34,36)(H,35,37)(H,39,40). The van der Waals surface area contributed by atoms with Crippen LogP contribution in [0.15, 0.2) is 43.0 Å². The van der Waals surface area contributed by atoms with Gasteiger partial charge in [-0.1, -0.05) is 38.5 Å². The number of aromatic nitrogens is 3. The van der Waals surface area contributed by atoms with Crippen molar-refractivity contribution in [3.63, 3.8) is 0 Å². The Bertz CT molecular complexity index is 1310. The molecule has 2 heterocycles. The maximum atomic E-state index is 13.7. The molecule has 0 fully saturated rings. The number of benzene rings is 1. The lowest BCUT2D eigenvalue weighted by atomic mass is 9.98. The van der Waals surface area contributed by atoms with Crippen LogP contribution in [-0.4, -0.2) is 79.9 Å². The summed E-state index contributed by atoms with van der Waals surface area (Å²) in [4.78, 5) is 61.8. The predicted molar refractivity (Wildman–Crippen MR) is 158 cm³/mol. The summed E-state index contributed by atoms with van der Waals surface area (Å²) >= 11 is 1.49. The Hall–Kier alpha value is -3.84. The Kier molecular flexibility index (Phi) is 11.8. The Balaban J connectivity index is 1.82. The summed E-state index contributed by atoms with van der Waals surface area (Å²) < 4.78 is 0. The minimum atomic E-state index is -1.14. The van der Waals surface area contributed by atoms with E-state index in [9.17, 15) is 24.3 Å². The molecule has 13 heteroatoms. The minimum absolute atomic E-state index is 0.139. The Morgan fingerprint density at radius 2 is 1.73 bits per heavy atom. The van der Waals surface area contributed by atoms with E-state index in [0.717, 1.165) is 16.5 Å². The van der Waals surface area contributed by atoms with Crippen LogP contribution in [0.3, 0.4) is 0 Å². The quantitative estimate of drug-likeness (QED) is 0.131. The van der Waals surface area contributed by atoms with Gasteiger partial charge in [0, 0.05) is 41.8 Å². The highest BCUT2D eigenvalue weighted by atomic mass is 32.2. The second-order valence-electron chi connectivity index (χ2n) is 10.1. The third-order valence-electron chi connectivity index (χ3n) is 7.08. The van der Waals surface area contributed by atoms with E-state index < -0.39 is 47.9 Å². The maximum Gasteiger partial charge on any atom is 0.326 e. The van der Waals surface area contributed by atoms with Crippen molar-refractivity contribution in [3.05, 3.63) is 54.2 Å². The lowest BCUT2D eigenvalue weighted by Gasteiger charge is -2.26. The first-order chi connectivity index (χ1) is 19.6. The Morgan fingerprint density at radius 3 is 2.39 bits per heavy atom. The molecule has 3 aromatic rings. The van der Waals surface area contributed by atoms with Gasteiger partial charge in [0.15, 0.2) is 0 Å². The zero-order valence-corrected chi connectivity index (χ0v) is 24.3. The van der Waals surface area contributed by atoms with Crippen molar-refractivity contribution in [3.8, 4) is 0 Å². The summed E-state index contributed by atoms with van der Waals surface area (Å²) in [5.74, 6) is -2.60. The van der Waals surface area contributed by atoms with Crippen molar-refractivity contribution in [1.82, 2.24) is 30.9 Å². The molecular formula is C28H39N7O5S. The van der Waals surface area contributed by atoms with Gasteiger partial charge in [0.05, 0.1) is 12.4 Å². The van der Waals surface area contributed by atoms with E-state index in [1.165, 1.54) is 18.1 Å². The first-order valence-corrected chi connectivity index (χ1v) is 14.9. The van der Waals surface area contributed by atoms with Crippen LogP contribution < -0.4 is 21.7 Å². The average molecular weight is 586 g/mol. The van der Waals surface area contributed by atoms with Crippen LogP contribution in [0.2, 0.25) is 0 Å². The molecule has 3 rings (SSSR count). The Labute approximate surface area is 243 Å². The van der Waals surface area contributed by atoms with Gasteiger partial charge in [-0.05, 0) is 36.0 Å². The van der Waals surface area contributed by atoms with Crippen LogP contribution in [0.5, 0.6) is 0 Å². The number of para-hydroxylation sites is 1. The Morgan fingerprint density at radius 1 is 1.02 bits per heavy atom. The zero-order valence-electron chi connectivity index (χ0n) is 23.5. The topological polar surface area (TPSA) is 195 Å². The van der Waals surface area contributed by atoms with Gasteiger partial charge in [-0.3, -0.25) is 14.4 Å². The number of aliphatic carboxylic acids is 1. The maximum absolute atomic E-state index is 13.7. The minimum Gasteiger partial charge on any atom is -0.480 e. The highest BCUT2D eigenvalue weighted by molar-refractivity contribution is 7.98. The fourth-order valence-electron chi connectivity index (χ4n) is 4.45. The largest absolute Gasteiger partial charge is 0.480 e. The molecule has 0 bridgehead atoms. The van der Waals surface area contributed by atoms with E-state index in [0.29, 0.717) is 17.9 Å². The van der Waals surface area contributed by atoms with E-state index in [-0.39, 0.29) is 25.2 Å². The molecule has 0 spiro atoms. The summed E-state index contributed by atoms with van der Waals surface area (Å²) in [6.45, 7) is 3.59. The molecule has 0 saturated carbocycles. The molecule has 3 amide bonds. The molecule has 0 aliphatic rings. The number of H-pyrrole nitrogens is 2. The molecule has 12 nitrogen and oxygen atoms in total. The van der Waals surface area contributed by atoms with E-state index in [2.05, 4.69) is 30.9 Å². The molecular weight excluding hydrogens is 546 g/mol. The van der Waals surface area contributed by atoms with Crippen molar-refractivity contribution in [2.75, 3.05) is 12.0 Å². The molecule has 0 aliphatic carbocycles. The average Bonchev–Trinajstić information content (AvgIpc) is 3.62. The molecule has 1 aromatic carbocycles. The molecule has 0 radical (unpaired) electrons. The number of nitrogens with one attached hydrogen (secondary N) is 5. The third-order valence-corrected chi connectivity index (χ3v) is 7.73. The molecule has 5 unspecified atom stereocenters. The number of imidazole rings is 1. The van der Waals surface area contributed by atoms with Crippen LogP contribution in [0.25, 0.3) is 10.9 Å². The zero-order chi connectivity index (χ0) is 29.9. The van der Waals surface area contributed by atoms with Gasteiger partial charge < -0.3 is 36.8 Å². The number of amides is 3. The lowest BCUT2D eigenvalue weighted by Crippen LogP contribution is -2.58. The van der Waals surface area contributed by atoms with Gasteiger partial charge >= 0.3 is 5.97 Å². The van der Waals surface area contributed by atoms with Crippen molar-refractivity contribution in [2.24, 2.45) is 11.7 Å². The second-order valence-corrected chi connectivity index (χ2v) is 11.1. The number of thioether (sulfide) groups is 1. The number of hydrogen-bond donors (Lipinski definition) is 7. The molecule has 8 N–H and O–H groups in total. The number of aromatic amines is 2. The summed E-state index contributed by atoms with van der Waals surface area (Å²) in [7, 11) is 0. The number of nitrogens with zero attached hydrogens (tertiary/aromatic N) is 1. The first-order valence-electron chi connectivity index (χ1n) is 13.5. The number of carbonyl (C=O) groups excluding carboxylic acids is 3. The van der Waals surface area contributed by atoms with Gasteiger partial charge in [0.1, 0.15) is 18.1 Å². The summed E-state index contributed by atoms with van der Waals surface area (Å²) in [5.41, 5.74) is 8.50. The SMILES string of the molecule is CCC(C)C(NC(=O)C(CCSC)NC(=O)C(Cc1c[nH]c2ccccc12)NC(=O)C(N)Cc1cnc[nH]1)C(=O)O. The van der Waals surface area contributed by atoms with E-state index in [1.54, 1.807) is 19.3 Å². The van der Waals surface area contributed by atoms with E-state index in [4.69, 9.17) is 5.73 Å². The summed E-state index contributed by atoms with van der Waals surface area (Å²) in [6.07, 6.45) is 7.87. The highest BCUT2D eigenvalue weighted by Crippen LogP contribution is 2.19. The molecule has 2 aromatic heterocycles. The predicted octanol–water partition coefficient (Wildman–Crippen LogP) is 1.34. The third kappa shape index (κ3) is 8.82. The fourth-order valence-corrected chi connectivity index (χ4v) is 4.92. The van der Waals surface area contributed by atoms with Crippen molar-refractivity contribution >= 4 is 46.4 Å². The smallest absolute Gasteiger partial charge is 0.326 e. The number of hydrogen-bond acceptors (Lipinski definition) is 7. The number of rotatable bonds is 16. The van der Waals surface area contributed by atoms with Gasteiger partial charge in [-0.2, -0.15) is 11.8 Å². The molecule has 0 aliphatic heterocycles. The number of carboxylic acids is 1. The van der Waals surface area contributed by atoms with Crippen LogP contribution in [0, 0.1) is 5.92 Å². The lowest BCUT2D eigenvalue weighted by molar-refractivity contribution is -0.143. The van der Waals surface area contributed by atoms with Gasteiger partial charge in [0.25, 0.3) is 0 Å². The van der Waals surface area contributed by atoms with Crippen LogP contribution in [0.1, 0.15) is 37.9 Å². The van der Waals surface area contributed by atoms with E-state index in [1.807, 2.05) is 37.4 Å². The van der Waals surface area contributed by atoms with Crippen molar-refractivity contribution < 1.29 is 24.3 Å². The second kappa shape index (κ2) is 15.2. The molecule has 222 valence electrons. The normalized spacial score (nSPS) is 14.9. The number of carboxylic acid groups (broad SMARTS) is 1. The van der Waals surface area contributed by atoms with Crippen molar-refractivity contribution in [2.45, 2.75) is 63.7 Å². The number of fused-ring (bicyclic) bond motifs is 1. The van der Waals surface area contributed by atoms with E-state index >= 15 is 0 Å². The summed E-state index contributed by atoms with van der Waals surface area (Å²) in [5, 5.41) is 18.7. The van der Waals surface area contributed by atoms with Gasteiger partial charge in [-0.25, -0.2) is 9.78 Å². The van der Waals surface area contributed by atoms with Crippen LogP contribution >= 0.6 is 11.8 Å². The first kappa shape index (κ1) is 31.7. The van der Waals surface area contributed by atoms with Gasteiger partial charge in [-0.15, -0.1) is 0 Å². The fraction of sp³-hybridized carbons (Fsp3) is 0.464. The monoisotopic (exact) mass is 585 g/mol. The highest BCUT2D eigenvalue weighted by Gasteiger charge is 2.32. The number of nitrogens with two attached hydrogens (primary N) is 1. The molecule has 0 saturated heterocycles. The summed E-state index contributed by atoms with van der Waals surface area (Å²) in [6, 6.07) is 3.50.